The standard InChI is InChI=1S/C23H23N3O3/c1-14(2)23-25-19-12-17(8-9-21(19)29-23)24-22(28)13-20-18-7-5-4-6-16(18)10-11-26(20)15(3)27/h4-12,14,20H,13H2,1-3H3,(H,24,28)/t20-/m1/s1. The number of hydrogen-bond acceptors (Lipinski definition) is 4. The number of carbonyl (C=O) groups excluding carboxylic acids is 2. The van der Waals surface area contributed by atoms with E-state index in [-0.39, 0.29) is 30.2 Å². The van der Waals surface area contributed by atoms with Gasteiger partial charge in [0.2, 0.25) is 11.8 Å². The van der Waals surface area contributed by atoms with Crippen LogP contribution in [0.25, 0.3) is 17.2 Å². The van der Waals surface area contributed by atoms with Crippen molar-refractivity contribution >= 4 is 34.7 Å². The van der Waals surface area contributed by atoms with Crippen molar-refractivity contribution in [3.05, 3.63) is 65.7 Å². The van der Waals surface area contributed by atoms with Crippen molar-refractivity contribution in [2.75, 3.05) is 5.32 Å². The van der Waals surface area contributed by atoms with Gasteiger partial charge in [0.05, 0.1) is 12.5 Å². The number of hydrogen-bond donors (Lipinski definition) is 1. The quantitative estimate of drug-likeness (QED) is 0.692. The highest BCUT2D eigenvalue weighted by molar-refractivity contribution is 5.94. The Balaban J connectivity index is 1.54. The molecule has 6 nitrogen and oxygen atoms in total. The first-order valence-electron chi connectivity index (χ1n) is 9.68. The van der Waals surface area contributed by atoms with Gasteiger partial charge < -0.3 is 14.6 Å². The van der Waals surface area contributed by atoms with E-state index in [0.717, 1.165) is 11.1 Å². The molecule has 1 N–H and O–H groups in total. The summed E-state index contributed by atoms with van der Waals surface area (Å²) in [5.74, 6) is 0.598. The number of carbonyl (C=O) groups is 2. The first kappa shape index (κ1) is 18.9. The normalized spacial score (nSPS) is 15.6. The lowest BCUT2D eigenvalue weighted by Crippen LogP contribution is -2.33. The van der Waals surface area contributed by atoms with Gasteiger partial charge in [-0.25, -0.2) is 4.98 Å². The molecular formula is C23H23N3O3. The van der Waals surface area contributed by atoms with Crippen LogP contribution in [0.15, 0.2) is 53.1 Å². The SMILES string of the molecule is CC(=O)N1C=Cc2ccccc2[C@H]1CC(=O)Nc1ccc2oc(C(C)C)nc2c1. The molecule has 1 aliphatic heterocycles. The zero-order valence-corrected chi connectivity index (χ0v) is 16.7. The van der Waals surface area contributed by atoms with E-state index in [9.17, 15) is 9.59 Å². The van der Waals surface area contributed by atoms with E-state index in [1.165, 1.54) is 6.92 Å². The van der Waals surface area contributed by atoms with Crippen molar-refractivity contribution in [2.24, 2.45) is 0 Å². The van der Waals surface area contributed by atoms with E-state index >= 15 is 0 Å². The molecule has 4 rings (SSSR count). The summed E-state index contributed by atoms with van der Waals surface area (Å²) in [6, 6.07) is 12.9. The highest BCUT2D eigenvalue weighted by atomic mass is 16.3. The fraction of sp³-hybridized carbons (Fsp3) is 0.261. The van der Waals surface area contributed by atoms with Crippen LogP contribution < -0.4 is 5.32 Å². The van der Waals surface area contributed by atoms with Gasteiger partial charge in [-0.05, 0) is 35.4 Å². The fourth-order valence-electron chi connectivity index (χ4n) is 3.57. The van der Waals surface area contributed by atoms with Crippen LogP contribution in [0, 0.1) is 0 Å². The van der Waals surface area contributed by atoms with Crippen molar-refractivity contribution < 1.29 is 14.0 Å². The number of benzene rings is 2. The van der Waals surface area contributed by atoms with Crippen LogP contribution in [0.4, 0.5) is 5.69 Å². The molecule has 0 spiro atoms. The van der Waals surface area contributed by atoms with Crippen molar-refractivity contribution in [2.45, 2.75) is 39.2 Å². The molecule has 3 aromatic rings. The maximum absolute atomic E-state index is 12.8. The maximum atomic E-state index is 12.8. The van der Waals surface area contributed by atoms with Crippen LogP contribution in [-0.4, -0.2) is 21.7 Å². The molecule has 0 unspecified atom stereocenters. The summed E-state index contributed by atoms with van der Waals surface area (Å²) in [6.07, 6.45) is 3.81. The first-order chi connectivity index (χ1) is 13.9. The van der Waals surface area contributed by atoms with Crippen molar-refractivity contribution in [3.63, 3.8) is 0 Å². The highest BCUT2D eigenvalue weighted by Crippen LogP contribution is 2.33. The van der Waals surface area contributed by atoms with Gasteiger partial charge in [0.1, 0.15) is 5.52 Å². The predicted molar refractivity (Wildman–Crippen MR) is 112 cm³/mol. The lowest BCUT2D eigenvalue weighted by Gasteiger charge is -2.32. The third kappa shape index (κ3) is 3.78. The fourth-order valence-corrected chi connectivity index (χ4v) is 3.57. The van der Waals surface area contributed by atoms with Gasteiger partial charge >= 0.3 is 0 Å². The molecule has 1 aliphatic rings. The number of aromatic nitrogens is 1. The molecule has 148 valence electrons. The van der Waals surface area contributed by atoms with E-state index in [0.29, 0.717) is 22.7 Å². The molecule has 1 aromatic heterocycles. The van der Waals surface area contributed by atoms with Crippen molar-refractivity contribution in [1.29, 1.82) is 0 Å². The smallest absolute Gasteiger partial charge is 0.226 e. The molecule has 29 heavy (non-hydrogen) atoms. The summed E-state index contributed by atoms with van der Waals surface area (Å²) >= 11 is 0. The average Bonchev–Trinajstić information content (AvgIpc) is 3.11. The van der Waals surface area contributed by atoms with Crippen molar-refractivity contribution in [1.82, 2.24) is 9.88 Å². The minimum Gasteiger partial charge on any atom is -0.440 e. The van der Waals surface area contributed by atoms with Crippen LogP contribution in [-0.2, 0) is 9.59 Å². The Bertz CT molecular complexity index is 1110. The Morgan fingerprint density at radius 2 is 2.00 bits per heavy atom. The molecule has 0 bridgehead atoms. The van der Waals surface area contributed by atoms with Crippen LogP contribution in [0.1, 0.15) is 56.2 Å². The number of nitrogens with zero attached hydrogens (tertiary/aromatic N) is 2. The lowest BCUT2D eigenvalue weighted by atomic mass is 9.93. The molecule has 0 aliphatic carbocycles. The summed E-state index contributed by atoms with van der Waals surface area (Å²) in [6.45, 7) is 5.54. The van der Waals surface area contributed by atoms with E-state index in [4.69, 9.17) is 4.42 Å². The van der Waals surface area contributed by atoms with Gasteiger partial charge in [-0.3, -0.25) is 9.59 Å². The summed E-state index contributed by atoms with van der Waals surface area (Å²) < 4.78 is 5.71. The monoisotopic (exact) mass is 389 g/mol. The molecule has 0 fully saturated rings. The third-order valence-electron chi connectivity index (χ3n) is 5.03. The lowest BCUT2D eigenvalue weighted by molar-refractivity contribution is -0.129. The number of oxazole rings is 1. The van der Waals surface area contributed by atoms with E-state index < -0.39 is 0 Å². The summed E-state index contributed by atoms with van der Waals surface area (Å²) in [5.41, 5.74) is 4.05. The molecule has 0 saturated carbocycles. The van der Waals surface area contributed by atoms with Gasteiger partial charge in [0, 0.05) is 24.7 Å². The Kier molecular flexibility index (Phi) is 4.92. The molecule has 2 aromatic carbocycles. The number of nitrogens with one attached hydrogen (secondary N) is 1. The van der Waals surface area contributed by atoms with Crippen LogP contribution in [0.2, 0.25) is 0 Å². The molecule has 1 atom stereocenters. The topological polar surface area (TPSA) is 75.4 Å². The van der Waals surface area contributed by atoms with Gasteiger partial charge in [-0.15, -0.1) is 0 Å². The highest BCUT2D eigenvalue weighted by Gasteiger charge is 2.28. The van der Waals surface area contributed by atoms with Gasteiger partial charge in [-0.1, -0.05) is 38.1 Å². The number of anilines is 1. The summed E-state index contributed by atoms with van der Waals surface area (Å²) in [7, 11) is 0. The second-order valence-corrected chi connectivity index (χ2v) is 7.53. The molecule has 0 saturated heterocycles. The minimum atomic E-state index is -0.336. The second-order valence-electron chi connectivity index (χ2n) is 7.53. The Morgan fingerprint density at radius 1 is 1.21 bits per heavy atom. The third-order valence-corrected chi connectivity index (χ3v) is 5.03. The number of amides is 2. The average molecular weight is 389 g/mol. The molecule has 0 radical (unpaired) electrons. The van der Waals surface area contributed by atoms with Gasteiger partial charge in [0.25, 0.3) is 0 Å². The van der Waals surface area contributed by atoms with Crippen LogP contribution >= 0.6 is 0 Å². The zero-order valence-electron chi connectivity index (χ0n) is 16.7. The van der Waals surface area contributed by atoms with Gasteiger partial charge in [-0.2, -0.15) is 0 Å². The van der Waals surface area contributed by atoms with Gasteiger partial charge in [0.15, 0.2) is 11.5 Å². The molecular weight excluding hydrogens is 366 g/mol. The second kappa shape index (κ2) is 7.54. The summed E-state index contributed by atoms with van der Waals surface area (Å²) in [5, 5.41) is 2.93. The molecule has 6 heteroatoms. The maximum Gasteiger partial charge on any atom is 0.226 e. The first-order valence-corrected chi connectivity index (χ1v) is 9.68. The largest absolute Gasteiger partial charge is 0.440 e. The van der Waals surface area contributed by atoms with E-state index in [1.54, 1.807) is 23.2 Å². The van der Waals surface area contributed by atoms with Crippen LogP contribution in [0.3, 0.4) is 0 Å². The van der Waals surface area contributed by atoms with E-state index in [2.05, 4.69) is 10.3 Å². The van der Waals surface area contributed by atoms with Crippen molar-refractivity contribution in [3.8, 4) is 0 Å². The number of rotatable bonds is 4. The van der Waals surface area contributed by atoms with Crippen LogP contribution in [0.5, 0.6) is 0 Å². The Hall–Kier alpha value is -3.41. The minimum absolute atomic E-state index is 0.0983. The number of fused-ring (bicyclic) bond motifs is 2. The van der Waals surface area contributed by atoms with E-state index in [1.807, 2.05) is 50.3 Å². The Labute approximate surface area is 169 Å². The molecule has 2 amide bonds. The summed E-state index contributed by atoms with van der Waals surface area (Å²) in [4.78, 5) is 31.0. The zero-order chi connectivity index (χ0) is 20.5. The Morgan fingerprint density at radius 3 is 2.76 bits per heavy atom. The molecule has 2 heterocycles. The predicted octanol–water partition coefficient (Wildman–Crippen LogP) is 4.85.